The maximum Gasteiger partial charge on any atom is 0.255 e. The van der Waals surface area contributed by atoms with Gasteiger partial charge in [0.25, 0.3) is 11.8 Å². The van der Waals surface area contributed by atoms with Crippen LogP contribution in [0.15, 0.2) is 97.1 Å². The van der Waals surface area contributed by atoms with Crippen LogP contribution in [-0.2, 0) is 0 Å². The van der Waals surface area contributed by atoms with Crippen molar-refractivity contribution in [3.8, 4) is 23.0 Å². The van der Waals surface area contributed by atoms with E-state index in [1.165, 1.54) is 0 Å². The summed E-state index contributed by atoms with van der Waals surface area (Å²) in [5.74, 6) is 1.77. The molecule has 0 aliphatic rings. The summed E-state index contributed by atoms with van der Waals surface area (Å²) < 4.78 is 16.4. The average Bonchev–Trinajstić information content (AvgIpc) is 2.90. The fourth-order valence-corrected chi connectivity index (χ4v) is 3.37. The summed E-state index contributed by atoms with van der Waals surface area (Å²) in [5.41, 5.74) is 2.14. The number of para-hydroxylation sites is 4. The molecule has 4 rings (SSSR count). The van der Waals surface area contributed by atoms with Gasteiger partial charge < -0.3 is 24.8 Å². The predicted octanol–water partition coefficient (Wildman–Crippen LogP) is 6.00. The van der Waals surface area contributed by atoms with Crippen LogP contribution in [0.25, 0.3) is 0 Å². The summed E-state index contributed by atoms with van der Waals surface area (Å²) in [6.45, 7) is 0. The third kappa shape index (κ3) is 5.78. The lowest BCUT2D eigenvalue weighted by Crippen LogP contribution is -2.12. The molecular weight excluding hydrogens is 444 g/mol. The zero-order chi connectivity index (χ0) is 24.6. The van der Waals surface area contributed by atoms with Gasteiger partial charge in [-0.15, -0.1) is 0 Å². The van der Waals surface area contributed by atoms with Crippen molar-refractivity contribution < 1.29 is 23.8 Å². The predicted molar refractivity (Wildman–Crippen MR) is 135 cm³/mol. The maximum atomic E-state index is 12.6. The number of ether oxygens (including phenoxy) is 3. The molecule has 0 aromatic heterocycles. The Kier molecular flexibility index (Phi) is 7.28. The smallest absolute Gasteiger partial charge is 0.255 e. The summed E-state index contributed by atoms with van der Waals surface area (Å²) in [4.78, 5) is 25.1. The van der Waals surface area contributed by atoms with E-state index in [4.69, 9.17) is 14.2 Å². The van der Waals surface area contributed by atoms with Gasteiger partial charge in [0, 0.05) is 11.1 Å². The summed E-state index contributed by atoms with van der Waals surface area (Å²) in [6, 6.07) is 27.9. The topological polar surface area (TPSA) is 85.9 Å². The Morgan fingerprint density at radius 2 is 0.914 bits per heavy atom. The van der Waals surface area contributed by atoms with Crippen LogP contribution in [0.5, 0.6) is 23.0 Å². The number of anilines is 2. The van der Waals surface area contributed by atoms with Crippen molar-refractivity contribution in [2.24, 2.45) is 0 Å². The van der Waals surface area contributed by atoms with Gasteiger partial charge in [0.05, 0.1) is 25.6 Å². The van der Waals surface area contributed by atoms with Gasteiger partial charge in [0.15, 0.2) is 0 Å². The average molecular weight is 469 g/mol. The van der Waals surface area contributed by atoms with Crippen molar-refractivity contribution >= 4 is 23.2 Å². The minimum absolute atomic E-state index is 0.258. The number of hydrogen-bond donors (Lipinski definition) is 2. The van der Waals surface area contributed by atoms with Crippen molar-refractivity contribution in [1.82, 2.24) is 0 Å². The van der Waals surface area contributed by atoms with Crippen molar-refractivity contribution in [1.29, 1.82) is 0 Å². The number of carbonyl (C=O) groups is 2. The van der Waals surface area contributed by atoms with Crippen LogP contribution >= 0.6 is 0 Å². The van der Waals surface area contributed by atoms with Gasteiger partial charge >= 0.3 is 0 Å². The van der Waals surface area contributed by atoms with Gasteiger partial charge in [0.2, 0.25) is 0 Å². The second kappa shape index (κ2) is 10.9. The van der Waals surface area contributed by atoms with E-state index in [9.17, 15) is 9.59 Å². The molecule has 35 heavy (non-hydrogen) atoms. The second-order valence-corrected chi connectivity index (χ2v) is 7.46. The van der Waals surface area contributed by atoms with Crippen LogP contribution in [0.2, 0.25) is 0 Å². The monoisotopic (exact) mass is 468 g/mol. The molecule has 0 aliphatic carbocycles. The third-order valence-electron chi connectivity index (χ3n) is 5.18. The molecule has 2 N–H and O–H groups in total. The van der Waals surface area contributed by atoms with E-state index >= 15 is 0 Å². The Balaban J connectivity index is 1.37. The first-order valence-electron chi connectivity index (χ1n) is 10.8. The molecule has 0 radical (unpaired) electrons. The van der Waals surface area contributed by atoms with E-state index in [-0.39, 0.29) is 11.8 Å². The highest BCUT2D eigenvalue weighted by Crippen LogP contribution is 2.26. The van der Waals surface area contributed by atoms with E-state index in [1.54, 1.807) is 87.0 Å². The minimum Gasteiger partial charge on any atom is -0.495 e. The molecule has 0 spiro atoms. The highest BCUT2D eigenvalue weighted by atomic mass is 16.5. The highest BCUT2D eigenvalue weighted by Gasteiger charge is 2.11. The summed E-state index contributed by atoms with van der Waals surface area (Å²) in [6.07, 6.45) is 0. The first kappa shape index (κ1) is 23.4. The van der Waals surface area contributed by atoms with Gasteiger partial charge in [-0.1, -0.05) is 24.3 Å². The number of rotatable bonds is 8. The van der Waals surface area contributed by atoms with Gasteiger partial charge in [-0.25, -0.2) is 0 Å². The molecule has 176 valence electrons. The lowest BCUT2D eigenvalue weighted by atomic mass is 10.2. The summed E-state index contributed by atoms with van der Waals surface area (Å²) in [7, 11) is 3.10. The Bertz CT molecular complexity index is 1220. The van der Waals surface area contributed by atoms with Crippen molar-refractivity contribution in [2.75, 3.05) is 24.9 Å². The summed E-state index contributed by atoms with van der Waals surface area (Å²) in [5, 5.41) is 5.68. The molecule has 4 aromatic rings. The molecule has 7 heteroatoms. The number of benzene rings is 4. The van der Waals surface area contributed by atoms with Crippen molar-refractivity contribution in [3.63, 3.8) is 0 Å². The van der Waals surface area contributed by atoms with E-state index in [0.29, 0.717) is 45.5 Å². The quantitative estimate of drug-likeness (QED) is 0.331. The molecule has 0 saturated heterocycles. The molecule has 7 nitrogen and oxygen atoms in total. The van der Waals surface area contributed by atoms with Crippen molar-refractivity contribution in [3.05, 3.63) is 108 Å². The SMILES string of the molecule is COc1ccccc1NC(=O)c1ccc(Oc2ccc(C(=O)Nc3ccccc3OC)cc2)cc1. The number of carbonyl (C=O) groups excluding carboxylic acids is 2. The molecule has 2 amide bonds. The second-order valence-electron chi connectivity index (χ2n) is 7.46. The van der Waals surface area contributed by atoms with E-state index in [0.717, 1.165) is 0 Å². The maximum absolute atomic E-state index is 12.6. The first-order valence-corrected chi connectivity index (χ1v) is 10.8. The van der Waals surface area contributed by atoms with Crippen LogP contribution in [-0.4, -0.2) is 26.0 Å². The number of methoxy groups -OCH3 is 2. The van der Waals surface area contributed by atoms with Gasteiger partial charge in [0.1, 0.15) is 23.0 Å². The molecule has 0 unspecified atom stereocenters. The van der Waals surface area contributed by atoms with E-state index < -0.39 is 0 Å². The molecule has 0 bridgehead atoms. The Labute approximate surface area is 203 Å². The molecule has 0 saturated carbocycles. The first-order chi connectivity index (χ1) is 17.1. The third-order valence-corrected chi connectivity index (χ3v) is 5.18. The Hall–Kier alpha value is -4.78. The fourth-order valence-electron chi connectivity index (χ4n) is 3.37. The van der Waals surface area contributed by atoms with Gasteiger partial charge in [-0.2, -0.15) is 0 Å². The van der Waals surface area contributed by atoms with Gasteiger partial charge in [-0.05, 0) is 72.8 Å². The zero-order valence-electron chi connectivity index (χ0n) is 19.3. The van der Waals surface area contributed by atoms with Gasteiger partial charge in [-0.3, -0.25) is 9.59 Å². The van der Waals surface area contributed by atoms with Crippen LogP contribution < -0.4 is 24.8 Å². The highest BCUT2D eigenvalue weighted by molar-refractivity contribution is 6.05. The number of amides is 2. The fraction of sp³-hybridized carbons (Fsp3) is 0.0714. The molecule has 0 aliphatic heterocycles. The lowest BCUT2D eigenvalue weighted by Gasteiger charge is -2.11. The Morgan fingerprint density at radius 3 is 1.29 bits per heavy atom. The molecule has 4 aromatic carbocycles. The van der Waals surface area contributed by atoms with Crippen molar-refractivity contribution in [2.45, 2.75) is 0 Å². The summed E-state index contributed by atoms with van der Waals surface area (Å²) >= 11 is 0. The van der Waals surface area contributed by atoms with Crippen LogP contribution in [0.1, 0.15) is 20.7 Å². The van der Waals surface area contributed by atoms with Crippen LogP contribution in [0.3, 0.4) is 0 Å². The van der Waals surface area contributed by atoms with Crippen LogP contribution in [0.4, 0.5) is 11.4 Å². The van der Waals surface area contributed by atoms with E-state index in [2.05, 4.69) is 10.6 Å². The molecule has 0 atom stereocenters. The van der Waals surface area contributed by atoms with E-state index in [1.807, 2.05) is 24.3 Å². The standard InChI is InChI=1S/C28H24N2O5/c1-33-25-9-5-3-7-23(25)29-27(31)19-11-15-21(16-12-19)35-22-17-13-20(14-18-22)28(32)30-24-8-4-6-10-26(24)34-2/h3-18H,1-2H3,(H,29,31)(H,30,32). The van der Waals surface area contributed by atoms with Crippen LogP contribution in [0, 0.1) is 0 Å². The zero-order valence-corrected chi connectivity index (χ0v) is 19.3. The normalized spacial score (nSPS) is 10.2. The molecular formula is C28H24N2O5. The molecule has 0 fully saturated rings. The number of hydrogen-bond acceptors (Lipinski definition) is 5. The minimum atomic E-state index is -0.258. The lowest BCUT2D eigenvalue weighted by molar-refractivity contribution is 0.101. The molecule has 0 heterocycles. The number of nitrogens with one attached hydrogen (secondary N) is 2. The largest absolute Gasteiger partial charge is 0.495 e. The Morgan fingerprint density at radius 1 is 0.543 bits per heavy atom.